The van der Waals surface area contributed by atoms with E-state index in [1.165, 1.54) is 36.5 Å². The second kappa shape index (κ2) is 8.75. The van der Waals surface area contributed by atoms with Gasteiger partial charge in [-0.3, -0.25) is 9.59 Å². The molecule has 178 valence electrons. The smallest absolute Gasteiger partial charge is 0.374 e. The quantitative estimate of drug-likeness (QED) is 0.463. The van der Waals surface area contributed by atoms with Crippen LogP contribution >= 0.6 is 34.5 Å². The molecule has 2 amide bonds. The summed E-state index contributed by atoms with van der Waals surface area (Å²) in [6.45, 7) is 1.45. The number of hydrogen-bond donors (Lipinski definition) is 2. The number of amides is 2. The number of rotatable bonds is 5. The Balaban J connectivity index is 1.73. The highest BCUT2D eigenvalue weighted by molar-refractivity contribution is 7.17. The maximum atomic E-state index is 14.3. The monoisotopic (exact) mass is 529 g/mol. The fourth-order valence-electron chi connectivity index (χ4n) is 3.67. The summed E-state index contributed by atoms with van der Waals surface area (Å²) in [4.78, 5) is 29.0. The number of oxime groups is 1. The van der Waals surface area contributed by atoms with Crippen molar-refractivity contribution < 1.29 is 27.6 Å². The van der Waals surface area contributed by atoms with E-state index < -0.39 is 36.1 Å². The van der Waals surface area contributed by atoms with Gasteiger partial charge in [0.25, 0.3) is 11.5 Å². The number of thiophene rings is 1. The Morgan fingerprint density at radius 3 is 2.50 bits per heavy atom. The molecule has 0 saturated heterocycles. The van der Waals surface area contributed by atoms with Crippen LogP contribution in [-0.2, 0) is 15.2 Å². The number of halogens is 5. The zero-order valence-electron chi connectivity index (χ0n) is 17.4. The highest BCUT2D eigenvalue weighted by Crippen LogP contribution is 2.50. The van der Waals surface area contributed by atoms with Crippen molar-refractivity contribution in [2.24, 2.45) is 10.9 Å². The topological polar surface area (TPSA) is 93.8 Å². The van der Waals surface area contributed by atoms with E-state index in [4.69, 9.17) is 33.8 Å². The lowest BCUT2D eigenvalue weighted by Gasteiger charge is -2.29. The summed E-state index contributed by atoms with van der Waals surface area (Å²) < 4.78 is 43.4. The Labute approximate surface area is 205 Å². The zero-order valence-corrected chi connectivity index (χ0v) is 19.7. The average Bonchev–Trinajstić information content (AvgIpc) is 3.40. The van der Waals surface area contributed by atoms with Gasteiger partial charge in [0.05, 0.1) is 12.1 Å². The maximum Gasteiger partial charge on any atom is 0.435 e. The molecule has 2 aromatic carbocycles. The number of primary amides is 1. The van der Waals surface area contributed by atoms with Gasteiger partial charge in [-0.15, -0.1) is 11.3 Å². The number of benzene rings is 2. The van der Waals surface area contributed by atoms with Gasteiger partial charge in [0, 0.05) is 36.8 Å². The minimum absolute atomic E-state index is 0.0318. The number of carbonyl (C=O) groups excluding carboxylic acids is 2. The molecule has 1 aromatic heterocycles. The van der Waals surface area contributed by atoms with Gasteiger partial charge in [-0.25, -0.2) is 0 Å². The van der Waals surface area contributed by atoms with Crippen molar-refractivity contribution in [3.8, 4) is 0 Å². The Morgan fingerprint density at radius 2 is 1.88 bits per heavy atom. The number of alkyl halides is 3. The molecule has 2 heterocycles. The molecule has 0 bridgehead atoms. The second-order valence-corrected chi connectivity index (χ2v) is 9.50. The summed E-state index contributed by atoms with van der Waals surface area (Å²) in [6, 6.07) is 7.34. The van der Waals surface area contributed by atoms with Crippen LogP contribution in [0.25, 0.3) is 10.1 Å². The summed E-state index contributed by atoms with van der Waals surface area (Å²) in [5.74, 6) is -1.24. The molecule has 0 radical (unpaired) electrons. The van der Waals surface area contributed by atoms with Crippen molar-refractivity contribution >= 4 is 62.2 Å². The summed E-state index contributed by atoms with van der Waals surface area (Å²) in [5, 5.41) is 8.55. The van der Waals surface area contributed by atoms with E-state index in [0.29, 0.717) is 15.6 Å². The van der Waals surface area contributed by atoms with Gasteiger partial charge < -0.3 is 15.9 Å². The standard InChI is InChI=1S/C22H16Cl2F3N3O3S/c1-10(19(28)31)29-20(32)15-2-3-16(18-14(15)4-5-34-18)17-9-21(33-30-17,22(25,26)27)11-6-12(23)8-13(24)7-11/h2-8,10H,9H2,1H3,(H2,28,31)(H,29,32)/t10-,21?/m0/s1. The number of nitrogens with one attached hydrogen (secondary N) is 1. The van der Waals surface area contributed by atoms with E-state index in [0.717, 1.165) is 12.1 Å². The Kier molecular flexibility index (Phi) is 6.26. The van der Waals surface area contributed by atoms with Crippen molar-refractivity contribution in [3.63, 3.8) is 0 Å². The van der Waals surface area contributed by atoms with Crippen LogP contribution in [0.3, 0.4) is 0 Å². The van der Waals surface area contributed by atoms with Gasteiger partial charge in [-0.05, 0) is 42.6 Å². The number of fused-ring (bicyclic) bond motifs is 1. The fourth-order valence-corrected chi connectivity index (χ4v) is 5.15. The normalized spacial score (nSPS) is 18.9. The van der Waals surface area contributed by atoms with Crippen molar-refractivity contribution in [2.45, 2.75) is 31.2 Å². The van der Waals surface area contributed by atoms with Gasteiger partial charge in [-0.2, -0.15) is 13.2 Å². The predicted molar refractivity (Wildman–Crippen MR) is 124 cm³/mol. The van der Waals surface area contributed by atoms with Gasteiger partial charge in [0.2, 0.25) is 5.91 Å². The lowest BCUT2D eigenvalue weighted by Crippen LogP contribution is -2.42. The molecular weight excluding hydrogens is 514 g/mol. The van der Waals surface area contributed by atoms with Crippen LogP contribution in [0, 0.1) is 0 Å². The molecule has 0 saturated carbocycles. The first-order valence-electron chi connectivity index (χ1n) is 9.82. The van der Waals surface area contributed by atoms with Crippen molar-refractivity contribution in [2.75, 3.05) is 0 Å². The van der Waals surface area contributed by atoms with Crippen LogP contribution < -0.4 is 11.1 Å². The van der Waals surface area contributed by atoms with Crippen LogP contribution in [0.4, 0.5) is 13.2 Å². The van der Waals surface area contributed by atoms with E-state index in [2.05, 4.69) is 10.5 Å². The lowest BCUT2D eigenvalue weighted by molar-refractivity contribution is -0.275. The highest BCUT2D eigenvalue weighted by atomic mass is 35.5. The minimum atomic E-state index is -4.83. The minimum Gasteiger partial charge on any atom is -0.374 e. The number of nitrogens with zero attached hydrogens (tertiary/aromatic N) is 1. The molecule has 1 aliphatic rings. The molecule has 0 fully saturated rings. The average molecular weight is 530 g/mol. The largest absolute Gasteiger partial charge is 0.435 e. The molecule has 0 aliphatic carbocycles. The molecule has 3 N–H and O–H groups in total. The highest BCUT2D eigenvalue weighted by Gasteiger charge is 2.62. The third-order valence-corrected chi connectivity index (χ3v) is 6.85. The molecule has 1 unspecified atom stereocenters. The summed E-state index contributed by atoms with van der Waals surface area (Å²) in [7, 11) is 0. The van der Waals surface area contributed by atoms with E-state index in [9.17, 15) is 22.8 Å². The number of nitrogens with two attached hydrogens (primary N) is 1. The van der Waals surface area contributed by atoms with E-state index in [1.807, 2.05) is 0 Å². The summed E-state index contributed by atoms with van der Waals surface area (Å²) >= 11 is 13.1. The molecule has 1 aliphatic heterocycles. The van der Waals surface area contributed by atoms with Gasteiger partial charge in [0.1, 0.15) is 6.04 Å². The van der Waals surface area contributed by atoms with Crippen LogP contribution in [0.15, 0.2) is 46.9 Å². The second-order valence-electron chi connectivity index (χ2n) is 7.71. The predicted octanol–water partition coefficient (Wildman–Crippen LogP) is 5.39. The zero-order chi connectivity index (χ0) is 24.8. The molecule has 3 aromatic rings. The number of hydrogen-bond acceptors (Lipinski definition) is 5. The third kappa shape index (κ3) is 4.21. The first-order valence-corrected chi connectivity index (χ1v) is 11.5. The van der Waals surface area contributed by atoms with Crippen molar-refractivity contribution in [1.29, 1.82) is 0 Å². The number of carbonyl (C=O) groups is 2. The van der Waals surface area contributed by atoms with Gasteiger partial charge in [-0.1, -0.05) is 34.4 Å². The van der Waals surface area contributed by atoms with Crippen LogP contribution in [-0.4, -0.2) is 29.7 Å². The SMILES string of the molecule is C[C@H](NC(=O)c1ccc(C2=NOC(c3cc(Cl)cc(Cl)c3)(C(F)(F)F)C2)c2sccc12)C(N)=O. The Morgan fingerprint density at radius 1 is 1.21 bits per heavy atom. The first kappa shape index (κ1) is 24.3. The molecule has 2 atom stereocenters. The van der Waals surface area contributed by atoms with Gasteiger partial charge >= 0.3 is 6.18 Å². The third-order valence-electron chi connectivity index (χ3n) is 5.46. The molecule has 0 spiro atoms. The summed E-state index contributed by atoms with van der Waals surface area (Å²) in [5.41, 5.74) is 2.85. The molecule has 12 heteroatoms. The van der Waals surface area contributed by atoms with E-state index in [1.54, 1.807) is 11.4 Å². The Bertz CT molecular complexity index is 1320. The van der Waals surface area contributed by atoms with Crippen LogP contribution in [0.2, 0.25) is 10.0 Å². The Hall–Kier alpha value is -2.82. The lowest BCUT2D eigenvalue weighted by atomic mass is 9.86. The molecule has 6 nitrogen and oxygen atoms in total. The van der Waals surface area contributed by atoms with Gasteiger partial charge in [0.15, 0.2) is 0 Å². The van der Waals surface area contributed by atoms with E-state index >= 15 is 0 Å². The molecule has 34 heavy (non-hydrogen) atoms. The van der Waals surface area contributed by atoms with Crippen molar-refractivity contribution in [3.05, 3.63) is 68.5 Å². The first-order chi connectivity index (χ1) is 15.9. The van der Waals surface area contributed by atoms with E-state index in [-0.39, 0.29) is 26.9 Å². The summed E-state index contributed by atoms with van der Waals surface area (Å²) in [6.07, 6.45) is -5.45. The van der Waals surface area contributed by atoms with Crippen molar-refractivity contribution in [1.82, 2.24) is 5.32 Å². The van der Waals surface area contributed by atoms with Crippen LogP contribution in [0.5, 0.6) is 0 Å². The van der Waals surface area contributed by atoms with Crippen LogP contribution in [0.1, 0.15) is 34.8 Å². The molecular formula is C22H16Cl2F3N3O3S. The molecule has 4 rings (SSSR count). The maximum absolute atomic E-state index is 14.3. The fraction of sp³-hybridized carbons (Fsp3) is 0.227.